The number of carbonyl (C=O) groups excluding carboxylic acids is 3. The zero-order chi connectivity index (χ0) is 21.2. The fourth-order valence-electron chi connectivity index (χ4n) is 4.94. The van der Waals surface area contributed by atoms with E-state index in [9.17, 15) is 23.2 Å². The van der Waals surface area contributed by atoms with Crippen LogP contribution in [0.4, 0.5) is 14.5 Å². The number of para-hydroxylation sites is 1. The number of halogens is 2. The van der Waals surface area contributed by atoms with Gasteiger partial charge in [0.05, 0.1) is 23.6 Å². The number of anilines is 1. The molecular weight excluding hydrogens is 390 g/mol. The zero-order valence-electron chi connectivity index (χ0n) is 16.1. The molecule has 0 N–H and O–H groups in total. The van der Waals surface area contributed by atoms with Gasteiger partial charge in [-0.25, -0.2) is 13.7 Å². The Labute approximate surface area is 171 Å². The van der Waals surface area contributed by atoms with Gasteiger partial charge in [0, 0.05) is 18.2 Å². The second kappa shape index (κ2) is 6.67. The maximum absolute atomic E-state index is 14.6. The predicted octanol–water partition coefficient (Wildman–Crippen LogP) is 2.77. The molecule has 5 rings (SSSR count). The highest BCUT2D eigenvalue weighted by molar-refractivity contribution is 6.24. The zero-order valence-corrected chi connectivity index (χ0v) is 16.1. The largest absolute Gasteiger partial charge is 0.293 e. The van der Waals surface area contributed by atoms with E-state index in [0.29, 0.717) is 11.3 Å². The van der Waals surface area contributed by atoms with Gasteiger partial charge in [-0.3, -0.25) is 19.3 Å². The molecular formula is C23H18F2N2O3. The fraction of sp³-hybridized carbons (Fsp3) is 0.261. The summed E-state index contributed by atoms with van der Waals surface area (Å²) >= 11 is 0. The van der Waals surface area contributed by atoms with Crippen molar-refractivity contribution in [3.63, 3.8) is 0 Å². The number of imide groups is 1. The second-order valence-corrected chi connectivity index (χ2v) is 7.93. The first-order chi connectivity index (χ1) is 14.4. The number of amides is 2. The number of hydrogen-bond donors (Lipinski definition) is 0. The van der Waals surface area contributed by atoms with Crippen LogP contribution >= 0.6 is 0 Å². The first kappa shape index (κ1) is 18.8. The summed E-state index contributed by atoms with van der Waals surface area (Å²) in [6.45, 7) is 1.34. The Bertz CT molecular complexity index is 1110. The Morgan fingerprint density at radius 3 is 2.37 bits per heavy atom. The summed E-state index contributed by atoms with van der Waals surface area (Å²) < 4.78 is 29.0. The molecule has 2 fully saturated rings. The first-order valence-electron chi connectivity index (χ1n) is 9.74. The second-order valence-electron chi connectivity index (χ2n) is 7.93. The normalized spacial score (nSPS) is 27.8. The maximum Gasteiger partial charge on any atom is 0.239 e. The molecule has 2 unspecified atom stereocenters. The van der Waals surface area contributed by atoms with Crippen LogP contribution in [0.5, 0.6) is 0 Å². The number of ketones is 1. The quantitative estimate of drug-likeness (QED) is 0.733. The molecule has 3 aliphatic rings. The Balaban J connectivity index is 1.54. The SMILES string of the molecule is Cc1ccc(F)c(CN2[C@@H]3C(=O)C=C[C@H]2C2C(=O)N(c4ccccc4)C(=O)C23)c1F. The van der Waals surface area contributed by atoms with Crippen molar-refractivity contribution >= 4 is 23.3 Å². The lowest BCUT2D eigenvalue weighted by Gasteiger charge is -2.33. The van der Waals surface area contributed by atoms with E-state index in [1.807, 2.05) is 0 Å². The highest BCUT2D eigenvalue weighted by Crippen LogP contribution is 2.47. The molecule has 7 heteroatoms. The van der Waals surface area contributed by atoms with E-state index in [2.05, 4.69) is 0 Å². The third-order valence-electron chi connectivity index (χ3n) is 6.33. The summed E-state index contributed by atoms with van der Waals surface area (Å²) in [7, 11) is 0. The van der Waals surface area contributed by atoms with E-state index in [1.54, 1.807) is 41.3 Å². The number of rotatable bonds is 3. The van der Waals surface area contributed by atoms with Crippen LogP contribution in [0.1, 0.15) is 11.1 Å². The summed E-state index contributed by atoms with van der Waals surface area (Å²) in [5, 5.41) is 0. The Kier molecular flexibility index (Phi) is 4.18. The van der Waals surface area contributed by atoms with Crippen molar-refractivity contribution in [3.05, 3.63) is 77.4 Å². The van der Waals surface area contributed by atoms with Crippen molar-refractivity contribution in [1.29, 1.82) is 0 Å². The summed E-state index contributed by atoms with van der Waals surface area (Å²) in [6.07, 6.45) is 2.95. The average Bonchev–Trinajstić information content (AvgIpc) is 3.13. The fourth-order valence-corrected chi connectivity index (χ4v) is 4.94. The smallest absolute Gasteiger partial charge is 0.239 e. The topological polar surface area (TPSA) is 57.7 Å². The predicted molar refractivity (Wildman–Crippen MR) is 104 cm³/mol. The Morgan fingerprint density at radius 2 is 1.63 bits per heavy atom. The van der Waals surface area contributed by atoms with Gasteiger partial charge in [-0.1, -0.05) is 30.3 Å². The number of carbonyl (C=O) groups is 3. The van der Waals surface area contributed by atoms with Crippen molar-refractivity contribution in [2.24, 2.45) is 11.8 Å². The van der Waals surface area contributed by atoms with Crippen LogP contribution in [0.2, 0.25) is 0 Å². The van der Waals surface area contributed by atoms with Gasteiger partial charge >= 0.3 is 0 Å². The van der Waals surface area contributed by atoms with Crippen molar-refractivity contribution in [2.75, 3.05) is 4.90 Å². The number of fused-ring (bicyclic) bond motifs is 5. The van der Waals surface area contributed by atoms with Gasteiger partial charge in [0.25, 0.3) is 0 Å². The minimum atomic E-state index is -0.922. The van der Waals surface area contributed by atoms with Crippen molar-refractivity contribution in [3.8, 4) is 0 Å². The van der Waals surface area contributed by atoms with Crippen LogP contribution in [0, 0.1) is 30.4 Å². The van der Waals surface area contributed by atoms with Gasteiger partial charge in [-0.05, 0) is 36.8 Å². The molecule has 3 heterocycles. The van der Waals surface area contributed by atoms with E-state index in [4.69, 9.17) is 0 Å². The van der Waals surface area contributed by atoms with E-state index in [0.717, 1.165) is 4.90 Å². The van der Waals surface area contributed by atoms with E-state index >= 15 is 0 Å². The van der Waals surface area contributed by atoms with Crippen LogP contribution in [-0.4, -0.2) is 34.6 Å². The van der Waals surface area contributed by atoms with Crippen molar-refractivity contribution in [2.45, 2.75) is 25.6 Å². The van der Waals surface area contributed by atoms with Gasteiger partial charge in [-0.15, -0.1) is 0 Å². The number of benzene rings is 2. The number of hydrogen-bond acceptors (Lipinski definition) is 4. The molecule has 2 bridgehead atoms. The van der Waals surface area contributed by atoms with Gasteiger partial charge in [-0.2, -0.15) is 0 Å². The Morgan fingerprint density at radius 1 is 0.933 bits per heavy atom. The average molecular weight is 408 g/mol. The summed E-state index contributed by atoms with van der Waals surface area (Å²) in [5.74, 6) is -4.20. The van der Waals surface area contributed by atoms with Gasteiger partial charge < -0.3 is 0 Å². The van der Waals surface area contributed by atoms with E-state index < -0.39 is 47.4 Å². The highest BCUT2D eigenvalue weighted by atomic mass is 19.1. The molecule has 0 aliphatic carbocycles. The first-order valence-corrected chi connectivity index (χ1v) is 9.74. The Hall–Kier alpha value is -3.19. The van der Waals surface area contributed by atoms with Gasteiger partial charge in [0.15, 0.2) is 5.78 Å². The lowest BCUT2D eigenvalue weighted by Crippen LogP contribution is -2.49. The number of nitrogens with zero attached hydrogens (tertiary/aromatic N) is 2. The van der Waals surface area contributed by atoms with E-state index in [1.165, 1.54) is 25.1 Å². The van der Waals surface area contributed by atoms with Crippen LogP contribution in [0.25, 0.3) is 0 Å². The molecule has 0 radical (unpaired) electrons. The van der Waals surface area contributed by atoms with Crippen LogP contribution < -0.4 is 4.90 Å². The van der Waals surface area contributed by atoms with Crippen LogP contribution in [-0.2, 0) is 20.9 Å². The molecule has 0 saturated carbocycles. The van der Waals surface area contributed by atoms with Gasteiger partial charge in [0.2, 0.25) is 11.8 Å². The monoisotopic (exact) mass is 408 g/mol. The molecule has 0 spiro atoms. The molecule has 2 aromatic carbocycles. The van der Waals surface area contributed by atoms with Crippen LogP contribution in [0.15, 0.2) is 54.6 Å². The van der Waals surface area contributed by atoms with Gasteiger partial charge in [0.1, 0.15) is 11.6 Å². The summed E-state index contributed by atoms with van der Waals surface area (Å²) in [4.78, 5) is 41.9. The van der Waals surface area contributed by atoms with E-state index in [-0.39, 0.29) is 17.9 Å². The summed E-state index contributed by atoms with van der Waals surface area (Å²) in [5.41, 5.74) is 0.590. The third-order valence-corrected chi connectivity index (χ3v) is 6.33. The molecule has 2 amide bonds. The molecule has 152 valence electrons. The highest BCUT2D eigenvalue weighted by Gasteiger charge is 2.64. The molecule has 30 heavy (non-hydrogen) atoms. The van der Waals surface area contributed by atoms with Crippen molar-refractivity contribution < 1.29 is 23.2 Å². The standard InChI is InChI=1S/C23H18F2N2O3/c1-12-7-8-15(24)14(20(12)25)11-26-16-9-10-17(28)21(26)19-18(16)22(29)27(23(19)30)13-5-3-2-4-6-13/h2-10,16,18-19,21H,11H2,1H3/t16-,18?,19?,21+/m0/s1. The number of aryl methyl sites for hydroxylation is 1. The lowest BCUT2D eigenvalue weighted by molar-refractivity contribution is -0.129. The molecule has 2 aromatic rings. The minimum Gasteiger partial charge on any atom is -0.293 e. The summed E-state index contributed by atoms with van der Waals surface area (Å²) in [6, 6.07) is 9.60. The maximum atomic E-state index is 14.6. The molecule has 3 aliphatic heterocycles. The molecule has 5 nitrogen and oxygen atoms in total. The third kappa shape index (κ3) is 2.51. The molecule has 0 aromatic heterocycles. The molecule has 2 saturated heterocycles. The lowest BCUT2D eigenvalue weighted by atomic mass is 9.90. The van der Waals surface area contributed by atoms with Crippen molar-refractivity contribution in [1.82, 2.24) is 4.90 Å². The minimum absolute atomic E-state index is 0.159. The molecule has 4 atom stereocenters. The van der Waals surface area contributed by atoms with Crippen LogP contribution in [0.3, 0.4) is 0 Å².